The number of hydrogen-bond acceptors (Lipinski definition) is 5. The Bertz CT molecular complexity index is 687. The lowest BCUT2D eigenvalue weighted by molar-refractivity contribution is -0.143. The summed E-state index contributed by atoms with van der Waals surface area (Å²) < 4.78 is 5.71. The van der Waals surface area contributed by atoms with Crippen molar-refractivity contribution in [2.45, 2.75) is 26.0 Å². The second kappa shape index (κ2) is 7.11. The molecule has 1 aliphatic heterocycles. The summed E-state index contributed by atoms with van der Waals surface area (Å²) in [6.45, 7) is 5.19. The number of aromatic nitrogens is 3. The highest BCUT2D eigenvalue weighted by Gasteiger charge is 2.32. The van der Waals surface area contributed by atoms with Gasteiger partial charge in [0.15, 0.2) is 5.82 Å². The highest BCUT2D eigenvalue weighted by atomic mass is 16.5. The van der Waals surface area contributed by atoms with Crippen LogP contribution >= 0.6 is 0 Å². The third-order valence-corrected chi connectivity index (χ3v) is 4.39. The van der Waals surface area contributed by atoms with Crippen LogP contribution in [0.25, 0.3) is 0 Å². The molecule has 3 atom stereocenters. The molecule has 1 saturated heterocycles. The van der Waals surface area contributed by atoms with Crippen molar-refractivity contribution in [2.24, 2.45) is 11.7 Å². The van der Waals surface area contributed by atoms with Crippen LogP contribution in [0.2, 0.25) is 0 Å². The lowest BCUT2D eigenvalue weighted by Gasteiger charge is -2.34. The number of carbonyl (C=O) groups is 1. The normalized spacial score (nSPS) is 20.6. The Kier molecular flexibility index (Phi) is 4.92. The summed E-state index contributed by atoms with van der Waals surface area (Å²) >= 11 is 0. The third kappa shape index (κ3) is 3.47. The molecule has 0 radical (unpaired) electrons. The van der Waals surface area contributed by atoms with Crippen LogP contribution in [0.5, 0.6) is 0 Å². The number of nitrogens with one attached hydrogen (secondary N) is 1. The van der Waals surface area contributed by atoms with Crippen molar-refractivity contribution >= 4 is 5.91 Å². The molecule has 1 amide bonds. The molecular weight excluding hydrogens is 306 g/mol. The summed E-state index contributed by atoms with van der Waals surface area (Å²) in [6, 6.07) is 9.38. The minimum Gasteiger partial charge on any atom is -0.366 e. The SMILES string of the molecule is Cc1nc(C2CN(C(=O)C(C)C(N)c3ccccc3)CCO2)n[nH]1. The van der Waals surface area contributed by atoms with E-state index < -0.39 is 0 Å². The van der Waals surface area contributed by atoms with Gasteiger partial charge < -0.3 is 15.4 Å². The minimum atomic E-state index is -0.328. The van der Waals surface area contributed by atoms with Crippen molar-refractivity contribution in [1.82, 2.24) is 20.1 Å². The van der Waals surface area contributed by atoms with Crippen molar-refractivity contribution < 1.29 is 9.53 Å². The molecular formula is C17H23N5O2. The van der Waals surface area contributed by atoms with Crippen LogP contribution in [-0.2, 0) is 9.53 Å². The Labute approximate surface area is 141 Å². The van der Waals surface area contributed by atoms with Gasteiger partial charge in [0.05, 0.1) is 19.1 Å². The molecule has 1 aromatic carbocycles. The van der Waals surface area contributed by atoms with Gasteiger partial charge in [0.1, 0.15) is 11.9 Å². The van der Waals surface area contributed by atoms with E-state index in [4.69, 9.17) is 10.5 Å². The highest BCUT2D eigenvalue weighted by molar-refractivity contribution is 5.79. The van der Waals surface area contributed by atoms with E-state index in [1.807, 2.05) is 44.2 Å². The zero-order valence-corrected chi connectivity index (χ0v) is 14.0. The van der Waals surface area contributed by atoms with Gasteiger partial charge in [-0.15, -0.1) is 0 Å². The van der Waals surface area contributed by atoms with E-state index >= 15 is 0 Å². The minimum absolute atomic E-state index is 0.0342. The highest BCUT2D eigenvalue weighted by Crippen LogP contribution is 2.25. The lowest BCUT2D eigenvalue weighted by atomic mass is 9.94. The zero-order chi connectivity index (χ0) is 17.1. The summed E-state index contributed by atoms with van der Waals surface area (Å²) in [5, 5.41) is 6.94. The molecule has 0 saturated carbocycles. The van der Waals surface area contributed by atoms with Crippen molar-refractivity contribution in [3.63, 3.8) is 0 Å². The fraction of sp³-hybridized carbons (Fsp3) is 0.471. The lowest BCUT2D eigenvalue weighted by Crippen LogP contribution is -2.46. The Morgan fingerprint density at radius 2 is 2.17 bits per heavy atom. The number of rotatable bonds is 4. The Morgan fingerprint density at radius 1 is 1.42 bits per heavy atom. The molecule has 1 aliphatic rings. The maximum atomic E-state index is 12.8. The molecule has 2 aromatic rings. The molecule has 7 heteroatoms. The van der Waals surface area contributed by atoms with Crippen molar-refractivity contribution in [1.29, 1.82) is 0 Å². The number of amides is 1. The van der Waals surface area contributed by atoms with Crippen LogP contribution in [0.1, 0.15) is 36.3 Å². The largest absolute Gasteiger partial charge is 0.366 e. The molecule has 7 nitrogen and oxygen atoms in total. The summed E-state index contributed by atoms with van der Waals surface area (Å²) in [7, 11) is 0. The molecule has 0 aliphatic carbocycles. The smallest absolute Gasteiger partial charge is 0.227 e. The maximum Gasteiger partial charge on any atom is 0.227 e. The van der Waals surface area contributed by atoms with Crippen molar-refractivity contribution in [3.05, 3.63) is 47.5 Å². The van der Waals surface area contributed by atoms with E-state index in [9.17, 15) is 4.79 Å². The predicted octanol–water partition coefficient (Wildman–Crippen LogP) is 1.35. The molecule has 128 valence electrons. The molecule has 2 heterocycles. The summed E-state index contributed by atoms with van der Waals surface area (Å²) in [6.07, 6.45) is -0.298. The number of aryl methyl sites for hydroxylation is 1. The first-order valence-electron chi connectivity index (χ1n) is 8.16. The first-order valence-corrected chi connectivity index (χ1v) is 8.16. The van der Waals surface area contributed by atoms with E-state index in [1.165, 1.54) is 0 Å². The number of morpholine rings is 1. The fourth-order valence-electron chi connectivity index (χ4n) is 2.92. The van der Waals surface area contributed by atoms with Crippen LogP contribution in [0.4, 0.5) is 0 Å². The molecule has 3 N–H and O–H groups in total. The number of benzene rings is 1. The number of carbonyl (C=O) groups excluding carboxylic acids is 1. The van der Waals surface area contributed by atoms with E-state index in [2.05, 4.69) is 15.2 Å². The van der Waals surface area contributed by atoms with Gasteiger partial charge in [0, 0.05) is 12.6 Å². The van der Waals surface area contributed by atoms with Gasteiger partial charge in [0.25, 0.3) is 0 Å². The molecule has 0 bridgehead atoms. The molecule has 3 unspecified atom stereocenters. The number of nitrogens with two attached hydrogens (primary N) is 1. The standard InChI is InChI=1S/C17H23N5O2/c1-11(15(18)13-6-4-3-5-7-13)17(23)22-8-9-24-14(10-22)16-19-12(2)20-21-16/h3-7,11,14-15H,8-10,18H2,1-2H3,(H,19,20,21). The average Bonchev–Trinajstić information content (AvgIpc) is 3.07. The van der Waals surface area contributed by atoms with Crippen LogP contribution in [0.3, 0.4) is 0 Å². The van der Waals surface area contributed by atoms with Crippen molar-refractivity contribution in [2.75, 3.05) is 19.7 Å². The molecule has 3 rings (SSSR count). The molecule has 0 spiro atoms. The number of ether oxygens (including phenoxy) is 1. The zero-order valence-electron chi connectivity index (χ0n) is 14.0. The van der Waals surface area contributed by atoms with Gasteiger partial charge in [-0.05, 0) is 12.5 Å². The second-order valence-corrected chi connectivity index (χ2v) is 6.15. The Hall–Kier alpha value is -2.25. The Balaban J connectivity index is 1.67. The van der Waals surface area contributed by atoms with E-state index in [-0.39, 0.29) is 24.0 Å². The monoisotopic (exact) mass is 329 g/mol. The molecule has 1 aromatic heterocycles. The van der Waals surface area contributed by atoms with E-state index in [0.717, 1.165) is 11.4 Å². The number of aromatic amines is 1. The average molecular weight is 329 g/mol. The third-order valence-electron chi connectivity index (χ3n) is 4.39. The summed E-state index contributed by atoms with van der Waals surface area (Å²) in [5.74, 6) is 1.05. The summed E-state index contributed by atoms with van der Waals surface area (Å²) in [5.41, 5.74) is 7.25. The second-order valence-electron chi connectivity index (χ2n) is 6.15. The van der Waals surface area contributed by atoms with Gasteiger partial charge in [-0.1, -0.05) is 37.3 Å². The number of nitrogens with zero attached hydrogens (tertiary/aromatic N) is 3. The van der Waals surface area contributed by atoms with Crippen LogP contribution in [-0.4, -0.2) is 45.7 Å². The topological polar surface area (TPSA) is 97.1 Å². The first-order chi connectivity index (χ1) is 11.6. The van der Waals surface area contributed by atoms with Crippen molar-refractivity contribution in [3.8, 4) is 0 Å². The van der Waals surface area contributed by atoms with Gasteiger partial charge in [-0.3, -0.25) is 9.89 Å². The maximum absolute atomic E-state index is 12.8. The van der Waals surface area contributed by atoms with Crippen LogP contribution in [0.15, 0.2) is 30.3 Å². The van der Waals surface area contributed by atoms with Gasteiger partial charge in [0.2, 0.25) is 5.91 Å². The van der Waals surface area contributed by atoms with Crippen LogP contribution in [0, 0.1) is 12.8 Å². The molecule has 24 heavy (non-hydrogen) atoms. The van der Waals surface area contributed by atoms with E-state index in [1.54, 1.807) is 4.90 Å². The molecule has 1 fully saturated rings. The predicted molar refractivity (Wildman–Crippen MR) is 88.9 cm³/mol. The van der Waals surface area contributed by atoms with Gasteiger partial charge >= 0.3 is 0 Å². The van der Waals surface area contributed by atoms with Gasteiger partial charge in [-0.25, -0.2) is 4.98 Å². The quantitative estimate of drug-likeness (QED) is 0.882. The summed E-state index contributed by atoms with van der Waals surface area (Å²) in [4.78, 5) is 18.9. The first kappa shape index (κ1) is 16.6. The fourth-order valence-corrected chi connectivity index (χ4v) is 2.92. The number of H-pyrrole nitrogens is 1. The Morgan fingerprint density at radius 3 is 2.83 bits per heavy atom. The number of hydrogen-bond donors (Lipinski definition) is 2. The van der Waals surface area contributed by atoms with E-state index in [0.29, 0.717) is 25.5 Å². The van der Waals surface area contributed by atoms with Gasteiger partial charge in [-0.2, -0.15) is 5.10 Å². The van der Waals surface area contributed by atoms with Crippen LogP contribution < -0.4 is 5.73 Å².